The van der Waals surface area contributed by atoms with E-state index in [-0.39, 0.29) is 17.0 Å². The number of rotatable bonds is 4. The van der Waals surface area contributed by atoms with Gasteiger partial charge in [0, 0.05) is 27.2 Å². The topological polar surface area (TPSA) is 109 Å². The molecule has 0 radical (unpaired) electrons. The molecule has 0 aliphatic heterocycles. The second-order valence-electron chi connectivity index (χ2n) is 4.25. The van der Waals surface area contributed by atoms with Crippen LogP contribution in [-0.2, 0) is 33.2 Å². The normalized spacial score (nSPS) is 11.0. The molecule has 1 rings (SSSR count). The van der Waals surface area contributed by atoms with Crippen molar-refractivity contribution in [2.75, 3.05) is 26.6 Å². The van der Waals surface area contributed by atoms with Crippen LogP contribution in [0.4, 0.5) is 5.82 Å². The number of anilines is 1. The molecule has 0 atom stereocenters. The molecule has 0 saturated carbocycles. The minimum Gasteiger partial charge on any atom is -0.466 e. The second-order valence-corrected chi connectivity index (χ2v) is 4.25. The van der Waals surface area contributed by atoms with Crippen LogP contribution < -0.4 is 16.6 Å². The molecule has 1 heterocycles. The highest BCUT2D eigenvalue weighted by molar-refractivity contribution is 6.21. The van der Waals surface area contributed by atoms with Gasteiger partial charge in [0.1, 0.15) is 5.82 Å². The summed E-state index contributed by atoms with van der Waals surface area (Å²) in [6.07, 6.45) is 0.841. The van der Waals surface area contributed by atoms with Crippen LogP contribution in [0.2, 0.25) is 0 Å². The summed E-state index contributed by atoms with van der Waals surface area (Å²) >= 11 is 0. The number of carbonyl (C=O) groups is 2. The Labute approximate surface area is 125 Å². The lowest BCUT2D eigenvalue weighted by Crippen LogP contribution is -2.40. The maximum Gasteiger partial charge on any atom is 0.339 e. The molecule has 0 aliphatic rings. The lowest BCUT2D eigenvalue weighted by atomic mass is 10.1. The van der Waals surface area contributed by atoms with Gasteiger partial charge in [-0.2, -0.15) is 0 Å². The number of esters is 2. The van der Waals surface area contributed by atoms with Crippen LogP contribution in [0, 0.1) is 0 Å². The van der Waals surface area contributed by atoms with E-state index in [1.807, 2.05) is 0 Å². The fourth-order valence-corrected chi connectivity index (χ4v) is 1.90. The van der Waals surface area contributed by atoms with Gasteiger partial charge in [0.05, 0.1) is 25.4 Å². The van der Waals surface area contributed by atoms with Crippen LogP contribution in [0.3, 0.4) is 0 Å². The molecule has 22 heavy (non-hydrogen) atoms. The second kappa shape index (κ2) is 6.74. The van der Waals surface area contributed by atoms with Crippen LogP contribution >= 0.6 is 0 Å². The Kier molecular flexibility index (Phi) is 5.28. The zero-order valence-electron chi connectivity index (χ0n) is 12.9. The summed E-state index contributed by atoms with van der Waals surface area (Å²) in [5, 5.41) is 2.67. The fourth-order valence-electron chi connectivity index (χ4n) is 1.90. The maximum atomic E-state index is 12.4. The van der Waals surface area contributed by atoms with E-state index in [9.17, 15) is 19.2 Å². The van der Waals surface area contributed by atoms with Crippen molar-refractivity contribution >= 4 is 23.3 Å². The number of aromatic nitrogens is 2. The van der Waals surface area contributed by atoms with Gasteiger partial charge >= 0.3 is 17.6 Å². The van der Waals surface area contributed by atoms with E-state index in [2.05, 4.69) is 14.8 Å². The Morgan fingerprint density at radius 2 is 1.68 bits per heavy atom. The monoisotopic (exact) mass is 311 g/mol. The molecule has 0 spiro atoms. The van der Waals surface area contributed by atoms with Gasteiger partial charge in [0.15, 0.2) is 0 Å². The average Bonchev–Trinajstić information content (AvgIpc) is 2.53. The number of nitrogens with zero attached hydrogens (tertiary/aromatic N) is 2. The zero-order chi connectivity index (χ0) is 17.0. The first-order chi connectivity index (χ1) is 10.3. The summed E-state index contributed by atoms with van der Waals surface area (Å²) < 4.78 is 11.0. The van der Waals surface area contributed by atoms with Gasteiger partial charge in [-0.15, -0.1) is 0 Å². The van der Waals surface area contributed by atoms with E-state index < -0.39 is 23.2 Å². The average molecular weight is 311 g/mol. The molecule has 0 aliphatic carbocycles. The summed E-state index contributed by atoms with van der Waals surface area (Å²) in [6, 6.07) is 0. The lowest BCUT2D eigenvalue weighted by Gasteiger charge is -2.15. The SMILES string of the molecule is CNc1c(/C(=C\C(=O)OC)C(=O)OC)c(=O)n(C)c(=O)n1C. The number of ether oxygens (including phenoxy) is 2. The van der Waals surface area contributed by atoms with E-state index in [4.69, 9.17) is 0 Å². The molecule has 1 N–H and O–H groups in total. The largest absolute Gasteiger partial charge is 0.466 e. The Hall–Kier alpha value is -2.84. The molecule has 9 nitrogen and oxygen atoms in total. The van der Waals surface area contributed by atoms with Crippen LogP contribution in [0.1, 0.15) is 5.56 Å². The van der Waals surface area contributed by atoms with Gasteiger partial charge in [0.2, 0.25) is 0 Å². The molecule has 0 saturated heterocycles. The highest BCUT2D eigenvalue weighted by atomic mass is 16.5. The molecule has 120 valence electrons. The predicted octanol–water partition coefficient (Wildman–Crippen LogP) is -1.14. The van der Waals surface area contributed by atoms with Gasteiger partial charge < -0.3 is 14.8 Å². The zero-order valence-corrected chi connectivity index (χ0v) is 12.9. The third-order valence-electron chi connectivity index (χ3n) is 3.04. The predicted molar refractivity (Wildman–Crippen MR) is 78.5 cm³/mol. The number of methoxy groups -OCH3 is 2. The van der Waals surface area contributed by atoms with Crippen LogP contribution in [0.15, 0.2) is 15.7 Å². The molecule has 1 aromatic rings. The van der Waals surface area contributed by atoms with Crippen LogP contribution in [0.25, 0.3) is 5.57 Å². The molecule has 9 heteroatoms. The fraction of sp³-hybridized carbons (Fsp3) is 0.385. The Balaban J connectivity index is 3.88. The van der Waals surface area contributed by atoms with E-state index in [1.165, 1.54) is 21.1 Å². The smallest absolute Gasteiger partial charge is 0.339 e. The summed E-state index contributed by atoms with van der Waals surface area (Å²) in [5.74, 6) is -1.66. The molecule has 0 aromatic carbocycles. The molecule has 0 unspecified atom stereocenters. The first-order valence-electron chi connectivity index (χ1n) is 6.16. The van der Waals surface area contributed by atoms with Gasteiger partial charge in [-0.05, 0) is 0 Å². The van der Waals surface area contributed by atoms with E-state index >= 15 is 0 Å². The van der Waals surface area contributed by atoms with Crippen molar-refractivity contribution in [3.8, 4) is 0 Å². The van der Waals surface area contributed by atoms with Gasteiger partial charge in [-0.3, -0.25) is 13.9 Å². The van der Waals surface area contributed by atoms with E-state index in [1.54, 1.807) is 0 Å². The molecule has 0 fully saturated rings. The van der Waals surface area contributed by atoms with Crippen LogP contribution in [-0.4, -0.2) is 42.3 Å². The lowest BCUT2D eigenvalue weighted by molar-refractivity contribution is -0.136. The maximum absolute atomic E-state index is 12.4. The highest BCUT2D eigenvalue weighted by Gasteiger charge is 2.25. The van der Waals surface area contributed by atoms with Gasteiger partial charge in [0.25, 0.3) is 5.56 Å². The van der Waals surface area contributed by atoms with Crippen molar-refractivity contribution in [3.05, 3.63) is 32.5 Å². The van der Waals surface area contributed by atoms with Crippen molar-refractivity contribution < 1.29 is 19.1 Å². The van der Waals surface area contributed by atoms with Gasteiger partial charge in [-0.25, -0.2) is 14.4 Å². The number of nitrogens with one attached hydrogen (secondary N) is 1. The van der Waals surface area contributed by atoms with Crippen LogP contribution in [0.5, 0.6) is 0 Å². The van der Waals surface area contributed by atoms with Crippen molar-refractivity contribution in [2.45, 2.75) is 0 Å². The van der Waals surface area contributed by atoms with E-state index in [0.29, 0.717) is 0 Å². The van der Waals surface area contributed by atoms with Crippen molar-refractivity contribution in [1.82, 2.24) is 9.13 Å². The first-order valence-corrected chi connectivity index (χ1v) is 6.16. The van der Waals surface area contributed by atoms with Gasteiger partial charge in [-0.1, -0.05) is 0 Å². The molecule has 1 aromatic heterocycles. The van der Waals surface area contributed by atoms with Crippen molar-refractivity contribution in [3.63, 3.8) is 0 Å². The highest BCUT2D eigenvalue weighted by Crippen LogP contribution is 2.19. The summed E-state index contributed by atoms with van der Waals surface area (Å²) in [4.78, 5) is 47.7. The molecule has 0 bridgehead atoms. The molecule has 0 amide bonds. The minimum absolute atomic E-state index is 0.0775. The van der Waals surface area contributed by atoms with Crippen molar-refractivity contribution in [1.29, 1.82) is 0 Å². The Bertz CT molecular complexity index is 756. The Morgan fingerprint density at radius 1 is 1.09 bits per heavy atom. The van der Waals surface area contributed by atoms with E-state index in [0.717, 1.165) is 29.4 Å². The number of carbonyl (C=O) groups excluding carboxylic acids is 2. The summed E-state index contributed by atoms with van der Waals surface area (Å²) in [5.41, 5.74) is -1.80. The third kappa shape index (κ3) is 2.92. The standard InChI is InChI=1S/C13H17N3O6/c1-14-10-9(11(18)16(3)13(20)15(10)2)7(12(19)22-5)6-8(17)21-4/h6,14H,1-5H3/b7-6+. The minimum atomic E-state index is -0.905. The first kappa shape index (κ1) is 17.2. The third-order valence-corrected chi connectivity index (χ3v) is 3.04. The quantitative estimate of drug-likeness (QED) is 0.552. The summed E-state index contributed by atoms with van der Waals surface area (Å²) in [6.45, 7) is 0. The molecular formula is C13H17N3O6. The summed E-state index contributed by atoms with van der Waals surface area (Å²) in [7, 11) is 6.40. The van der Waals surface area contributed by atoms with Crippen molar-refractivity contribution in [2.24, 2.45) is 14.1 Å². The molecular weight excluding hydrogens is 294 g/mol. The Morgan fingerprint density at radius 3 is 2.14 bits per heavy atom. The number of hydrogen-bond acceptors (Lipinski definition) is 7. The number of hydrogen-bond donors (Lipinski definition) is 1.